The molecule has 2 aromatic rings. The van der Waals surface area contributed by atoms with Crippen molar-refractivity contribution < 1.29 is 18.7 Å². The van der Waals surface area contributed by atoms with Gasteiger partial charge in [0, 0.05) is 18.0 Å². The van der Waals surface area contributed by atoms with Gasteiger partial charge in [-0.1, -0.05) is 12.1 Å². The third-order valence-corrected chi connectivity index (χ3v) is 5.17. The van der Waals surface area contributed by atoms with Crippen molar-refractivity contribution in [3.05, 3.63) is 59.4 Å². The zero-order valence-corrected chi connectivity index (χ0v) is 14.9. The number of benzene rings is 2. The van der Waals surface area contributed by atoms with E-state index in [2.05, 4.69) is 10.2 Å². The molecule has 2 aromatic carbocycles. The van der Waals surface area contributed by atoms with Crippen LogP contribution >= 0.6 is 0 Å². The molecule has 0 radical (unpaired) electrons. The molecule has 1 amide bonds. The molecule has 4 rings (SSSR count). The Bertz CT molecular complexity index is 858. The van der Waals surface area contributed by atoms with Crippen molar-refractivity contribution in [2.45, 2.75) is 19.4 Å². The van der Waals surface area contributed by atoms with Crippen molar-refractivity contribution in [1.82, 2.24) is 4.90 Å². The summed E-state index contributed by atoms with van der Waals surface area (Å²) in [6, 6.07) is 11.8. The number of hydrogen-bond donors (Lipinski definition) is 1. The van der Waals surface area contributed by atoms with Gasteiger partial charge in [-0.25, -0.2) is 4.39 Å². The first-order valence-corrected chi connectivity index (χ1v) is 9.16. The molecular weight excluding hydrogens is 347 g/mol. The van der Waals surface area contributed by atoms with Crippen LogP contribution in [0.2, 0.25) is 0 Å². The van der Waals surface area contributed by atoms with Crippen molar-refractivity contribution in [2.24, 2.45) is 5.92 Å². The van der Waals surface area contributed by atoms with Crippen molar-refractivity contribution in [3.63, 3.8) is 0 Å². The summed E-state index contributed by atoms with van der Waals surface area (Å²) in [6.07, 6.45) is 1.58. The molecule has 0 aliphatic carbocycles. The number of rotatable bonds is 4. The van der Waals surface area contributed by atoms with Gasteiger partial charge >= 0.3 is 0 Å². The normalized spacial score (nSPS) is 17.7. The number of nitrogens with zero attached hydrogens (tertiary/aromatic N) is 1. The molecule has 1 fully saturated rings. The summed E-state index contributed by atoms with van der Waals surface area (Å²) >= 11 is 0. The highest BCUT2D eigenvalue weighted by molar-refractivity contribution is 6.01. The number of piperidine rings is 1. The molecule has 2 aliphatic rings. The van der Waals surface area contributed by atoms with Gasteiger partial charge in [0.25, 0.3) is 5.91 Å². The fraction of sp³-hybridized carbons (Fsp3) is 0.333. The number of anilines is 1. The Morgan fingerprint density at radius 2 is 1.89 bits per heavy atom. The third-order valence-electron chi connectivity index (χ3n) is 5.17. The summed E-state index contributed by atoms with van der Waals surface area (Å²) in [7, 11) is 0. The summed E-state index contributed by atoms with van der Waals surface area (Å²) < 4.78 is 18.4. The van der Waals surface area contributed by atoms with Gasteiger partial charge in [0.2, 0.25) is 0 Å². The van der Waals surface area contributed by atoms with E-state index < -0.39 is 0 Å². The standard InChI is InChI=1S/C21H21FN2O3/c22-17-4-1-14(2-5-17)12-24-9-7-15(8-10-24)21(26)16-3-6-19-18(11-16)23-20(25)13-27-19/h1-6,11,15H,7-10,12-13H2,(H,23,25). The van der Waals surface area contributed by atoms with Crippen LogP contribution in [0, 0.1) is 11.7 Å². The number of fused-ring (bicyclic) bond motifs is 1. The minimum atomic E-state index is -0.227. The largest absolute Gasteiger partial charge is 0.482 e. The van der Waals surface area contributed by atoms with Crippen LogP contribution in [0.5, 0.6) is 5.75 Å². The number of halogens is 1. The topological polar surface area (TPSA) is 58.6 Å². The maximum Gasteiger partial charge on any atom is 0.262 e. The number of carbonyl (C=O) groups is 2. The van der Waals surface area contributed by atoms with Crippen molar-refractivity contribution in [3.8, 4) is 5.75 Å². The average molecular weight is 368 g/mol. The third kappa shape index (κ3) is 4.01. The van der Waals surface area contributed by atoms with E-state index in [1.807, 2.05) is 0 Å². The lowest BCUT2D eigenvalue weighted by atomic mass is 9.88. The van der Waals surface area contributed by atoms with Gasteiger partial charge in [0.05, 0.1) is 5.69 Å². The Hall–Kier alpha value is -2.73. The van der Waals surface area contributed by atoms with Crippen LogP contribution in [0.3, 0.4) is 0 Å². The second-order valence-electron chi connectivity index (χ2n) is 7.09. The number of ether oxygens (including phenoxy) is 1. The van der Waals surface area contributed by atoms with Crippen LogP contribution in [-0.2, 0) is 11.3 Å². The number of likely N-dealkylation sites (tertiary alicyclic amines) is 1. The van der Waals surface area contributed by atoms with Gasteiger partial charge < -0.3 is 10.1 Å². The monoisotopic (exact) mass is 368 g/mol. The molecular formula is C21H21FN2O3. The fourth-order valence-electron chi connectivity index (χ4n) is 3.67. The molecule has 0 spiro atoms. The van der Waals surface area contributed by atoms with Crippen molar-refractivity contribution in [2.75, 3.05) is 25.0 Å². The summed E-state index contributed by atoms with van der Waals surface area (Å²) in [5.41, 5.74) is 2.24. The van der Waals surface area contributed by atoms with Crippen LogP contribution in [-0.4, -0.2) is 36.3 Å². The molecule has 0 atom stereocenters. The quantitative estimate of drug-likeness (QED) is 0.842. The van der Waals surface area contributed by atoms with E-state index in [9.17, 15) is 14.0 Å². The van der Waals surface area contributed by atoms with E-state index in [1.165, 1.54) is 12.1 Å². The Balaban J connectivity index is 1.36. The van der Waals surface area contributed by atoms with E-state index in [0.29, 0.717) is 17.0 Å². The van der Waals surface area contributed by atoms with Crippen LogP contribution in [0.25, 0.3) is 0 Å². The molecule has 1 saturated heterocycles. The van der Waals surface area contributed by atoms with E-state index in [-0.39, 0.29) is 30.0 Å². The summed E-state index contributed by atoms with van der Waals surface area (Å²) in [6.45, 7) is 2.44. The van der Waals surface area contributed by atoms with Gasteiger partial charge in [-0.15, -0.1) is 0 Å². The van der Waals surface area contributed by atoms with Crippen LogP contribution < -0.4 is 10.1 Å². The van der Waals surface area contributed by atoms with Crippen molar-refractivity contribution in [1.29, 1.82) is 0 Å². The second-order valence-corrected chi connectivity index (χ2v) is 7.09. The lowest BCUT2D eigenvalue weighted by Gasteiger charge is -2.31. The molecule has 0 saturated carbocycles. The molecule has 0 unspecified atom stereocenters. The van der Waals surface area contributed by atoms with Crippen LogP contribution in [0.15, 0.2) is 42.5 Å². The molecule has 0 aromatic heterocycles. The first kappa shape index (κ1) is 17.7. The fourth-order valence-corrected chi connectivity index (χ4v) is 3.67. The first-order valence-electron chi connectivity index (χ1n) is 9.16. The number of Topliss-reactive ketones (excluding diaryl/α,β-unsaturated/α-hetero) is 1. The molecule has 2 heterocycles. The molecule has 6 heteroatoms. The number of nitrogens with one attached hydrogen (secondary N) is 1. The molecule has 140 valence electrons. The maximum absolute atomic E-state index is 13.0. The smallest absolute Gasteiger partial charge is 0.262 e. The zero-order chi connectivity index (χ0) is 18.8. The number of amides is 1. The summed E-state index contributed by atoms with van der Waals surface area (Å²) in [5, 5.41) is 2.75. The van der Waals surface area contributed by atoms with Crippen molar-refractivity contribution >= 4 is 17.4 Å². The van der Waals surface area contributed by atoms with Gasteiger partial charge in [-0.2, -0.15) is 0 Å². The van der Waals surface area contributed by atoms with E-state index in [0.717, 1.165) is 38.0 Å². The molecule has 1 N–H and O–H groups in total. The summed E-state index contributed by atoms with van der Waals surface area (Å²) in [4.78, 5) is 26.6. The predicted octanol–water partition coefficient (Wildman–Crippen LogP) is 3.25. The summed E-state index contributed by atoms with van der Waals surface area (Å²) in [5.74, 6) is 0.253. The Morgan fingerprint density at radius 3 is 2.63 bits per heavy atom. The van der Waals surface area contributed by atoms with Gasteiger partial charge in [0.1, 0.15) is 11.6 Å². The SMILES string of the molecule is O=C1COc2ccc(C(=O)C3CCN(Cc4ccc(F)cc4)CC3)cc2N1. The highest BCUT2D eigenvalue weighted by Gasteiger charge is 2.27. The Labute approximate surface area is 157 Å². The van der Waals surface area contributed by atoms with E-state index >= 15 is 0 Å². The molecule has 0 bridgehead atoms. The van der Waals surface area contributed by atoms with Crippen LogP contribution in [0.1, 0.15) is 28.8 Å². The molecule has 5 nitrogen and oxygen atoms in total. The van der Waals surface area contributed by atoms with E-state index in [4.69, 9.17) is 4.74 Å². The lowest BCUT2D eigenvalue weighted by Crippen LogP contribution is -2.36. The zero-order valence-electron chi connectivity index (χ0n) is 14.9. The minimum Gasteiger partial charge on any atom is -0.482 e. The average Bonchev–Trinajstić information content (AvgIpc) is 2.69. The number of ketones is 1. The highest BCUT2D eigenvalue weighted by atomic mass is 19.1. The van der Waals surface area contributed by atoms with Gasteiger partial charge in [0.15, 0.2) is 12.4 Å². The molecule has 2 aliphatic heterocycles. The lowest BCUT2D eigenvalue weighted by molar-refractivity contribution is -0.118. The van der Waals surface area contributed by atoms with Gasteiger partial charge in [-0.3, -0.25) is 14.5 Å². The first-order chi connectivity index (χ1) is 13.1. The number of hydrogen-bond acceptors (Lipinski definition) is 4. The van der Waals surface area contributed by atoms with E-state index in [1.54, 1.807) is 30.3 Å². The predicted molar refractivity (Wildman–Crippen MR) is 99.3 cm³/mol. The maximum atomic E-state index is 13.0. The Kier molecular flexibility index (Phi) is 4.90. The highest BCUT2D eigenvalue weighted by Crippen LogP contribution is 2.31. The minimum absolute atomic E-state index is 0.00675. The van der Waals surface area contributed by atoms with Gasteiger partial charge in [-0.05, 0) is 61.8 Å². The Morgan fingerprint density at radius 1 is 1.15 bits per heavy atom. The second kappa shape index (κ2) is 7.48. The van der Waals surface area contributed by atoms with Crippen LogP contribution in [0.4, 0.5) is 10.1 Å². The number of carbonyl (C=O) groups excluding carboxylic acids is 2. The molecule has 27 heavy (non-hydrogen) atoms.